The van der Waals surface area contributed by atoms with E-state index < -0.39 is 0 Å². The van der Waals surface area contributed by atoms with E-state index in [1.807, 2.05) is 0 Å². The van der Waals surface area contributed by atoms with E-state index in [0.717, 1.165) is 11.8 Å². The Morgan fingerprint density at radius 2 is 1.20 bits per heavy atom. The van der Waals surface area contributed by atoms with Gasteiger partial charge in [-0.1, -0.05) is 61.8 Å². The lowest BCUT2D eigenvalue weighted by molar-refractivity contribution is -0.425. The number of hydrogen-bond donors (Lipinski definition) is 0. The van der Waals surface area contributed by atoms with Crippen molar-refractivity contribution in [3.05, 3.63) is 0 Å². The molecule has 2 saturated carbocycles. The van der Waals surface area contributed by atoms with Gasteiger partial charge in [0.1, 0.15) is 0 Å². The van der Waals surface area contributed by atoms with Crippen LogP contribution >= 0.6 is 0 Å². The van der Waals surface area contributed by atoms with E-state index in [4.69, 9.17) is 0 Å². The van der Waals surface area contributed by atoms with Crippen LogP contribution < -0.4 is 0 Å². The number of fused-ring (bicyclic) bond motifs is 1. The Hall–Kier alpha value is 0. The zero-order valence-corrected chi connectivity index (χ0v) is 11.9. The maximum absolute atomic E-state index is 2.55. The van der Waals surface area contributed by atoms with Crippen molar-refractivity contribution in [1.82, 2.24) is 0 Å². The van der Waals surface area contributed by atoms with Gasteiger partial charge in [0.05, 0.1) is 0 Å². The quantitative estimate of drug-likeness (QED) is 0.584. The SMILES string of the molecule is CCC1C(C)C2(C)C(C)(C)C(C)(C)C12C. The molecule has 2 aliphatic rings. The van der Waals surface area contributed by atoms with Gasteiger partial charge < -0.3 is 0 Å². The minimum atomic E-state index is 0.486. The zero-order valence-electron chi connectivity index (χ0n) is 11.9. The Balaban J connectivity index is 2.48. The molecule has 0 bridgehead atoms. The fraction of sp³-hybridized carbons (Fsp3) is 1.00. The Morgan fingerprint density at radius 3 is 1.60 bits per heavy atom. The van der Waals surface area contributed by atoms with Gasteiger partial charge in [0.15, 0.2) is 0 Å². The summed E-state index contributed by atoms with van der Waals surface area (Å²) in [4.78, 5) is 0. The molecule has 4 unspecified atom stereocenters. The highest BCUT2D eigenvalue weighted by molar-refractivity contribution is 5.32. The average molecular weight is 208 g/mol. The molecule has 0 saturated heterocycles. The highest BCUT2D eigenvalue weighted by atomic mass is 14.9. The van der Waals surface area contributed by atoms with Crippen LogP contribution in [0.5, 0.6) is 0 Å². The van der Waals surface area contributed by atoms with Crippen LogP contribution in [-0.2, 0) is 0 Å². The summed E-state index contributed by atoms with van der Waals surface area (Å²) in [5.74, 6) is 1.83. The molecule has 0 N–H and O–H groups in total. The van der Waals surface area contributed by atoms with Crippen LogP contribution in [0.2, 0.25) is 0 Å². The topological polar surface area (TPSA) is 0 Å². The molecule has 0 heteroatoms. The van der Waals surface area contributed by atoms with Gasteiger partial charge in [-0.3, -0.25) is 0 Å². The maximum atomic E-state index is 2.55. The van der Waals surface area contributed by atoms with Crippen LogP contribution in [-0.4, -0.2) is 0 Å². The van der Waals surface area contributed by atoms with E-state index in [9.17, 15) is 0 Å². The van der Waals surface area contributed by atoms with Gasteiger partial charge in [0, 0.05) is 0 Å². The first-order valence-electron chi connectivity index (χ1n) is 6.60. The molecule has 2 aliphatic carbocycles. The molecule has 2 fully saturated rings. The second kappa shape index (κ2) is 2.46. The van der Waals surface area contributed by atoms with Crippen molar-refractivity contribution in [2.24, 2.45) is 33.5 Å². The van der Waals surface area contributed by atoms with Crippen molar-refractivity contribution in [3.63, 3.8) is 0 Å². The summed E-state index contributed by atoms with van der Waals surface area (Å²) in [6, 6.07) is 0. The number of hydrogen-bond acceptors (Lipinski definition) is 0. The molecular weight excluding hydrogens is 180 g/mol. The molecule has 0 aromatic rings. The lowest BCUT2D eigenvalue weighted by Gasteiger charge is -2.90. The van der Waals surface area contributed by atoms with Crippen LogP contribution in [0, 0.1) is 33.5 Å². The fourth-order valence-electron chi connectivity index (χ4n) is 5.99. The van der Waals surface area contributed by atoms with Crippen molar-refractivity contribution >= 4 is 0 Å². The van der Waals surface area contributed by atoms with Gasteiger partial charge in [-0.05, 0) is 33.5 Å². The van der Waals surface area contributed by atoms with Crippen LogP contribution in [0.1, 0.15) is 61.8 Å². The minimum Gasteiger partial charge on any atom is -0.0651 e. The largest absolute Gasteiger partial charge is 0.0651 e. The van der Waals surface area contributed by atoms with Crippen molar-refractivity contribution in [3.8, 4) is 0 Å². The summed E-state index contributed by atoms with van der Waals surface area (Å²) < 4.78 is 0. The first-order valence-corrected chi connectivity index (χ1v) is 6.60. The van der Waals surface area contributed by atoms with Crippen molar-refractivity contribution in [1.29, 1.82) is 0 Å². The summed E-state index contributed by atoms with van der Waals surface area (Å²) in [6.07, 6.45) is 1.35. The number of rotatable bonds is 1. The second-order valence-electron chi connectivity index (χ2n) is 7.46. The summed E-state index contributed by atoms with van der Waals surface area (Å²) in [6.45, 7) is 19.9. The maximum Gasteiger partial charge on any atom is -0.0177 e. The molecule has 2 rings (SSSR count). The van der Waals surface area contributed by atoms with E-state index in [0.29, 0.717) is 21.7 Å². The van der Waals surface area contributed by atoms with Crippen LogP contribution in [0.4, 0.5) is 0 Å². The zero-order chi connectivity index (χ0) is 11.9. The summed E-state index contributed by atoms with van der Waals surface area (Å²) in [5.41, 5.74) is 2.10. The van der Waals surface area contributed by atoms with E-state index >= 15 is 0 Å². The first-order chi connectivity index (χ1) is 6.60. The molecular formula is C15H28. The van der Waals surface area contributed by atoms with Gasteiger partial charge in [0.25, 0.3) is 0 Å². The molecule has 0 aromatic carbocycles. The summed E-state index contributed by atoms with van der Waals surface area (Å²) >= 11 is 0. The predicted molar refractivity (Wildman–Crippen MR) is 66.7 cm³/mol. The van der Waals surface area contributed by atoms with Crippen LogP contribution in [0.3, 0.4) is 0 Å². The highest BCUT2D eigenvalue weighted by Gasteiger charge is 2.85. The normalized spacial score (nSPS) is 55.2. The minimum absolute atomic E-state index is 0.486. The lowest BCUT2D eigenvalue weighted by atomic mass is 9.14. The summed E-state index contributed by atoms with van der Waals surface area (Å²) in [5, 5.41) is 0. The summed E-state index contributed by atoms with van der Waals surface area (Å²) in [7, 11) is 0. The van der Waals surface area contributed by atoms with E-state index in [2.05, 4.69) is 55.4 Å². The van der Waals surface area contributed by atoms with Crippen molar-refractivity contribution in [2.75, 3.05) is 0 Å². The third-order valence-electron chi connectivity index (χ3n) is 7.93. The molecule has 0 radical (unpaired) electrons. The monoisotopic (exact) mass is 208 g/mol. The van der Waals surface area contributed by atoms with Gasteiger partial charge in [-0.2, -0.15) is 0 Å². The predicted octanol–water partition coefficient (Wildman–Crippen LogP) is 4.74. The molecule has 0 amide bonds. The molecule has 15 heavy (non-hydrogen) atoms. The van der Waals surface area contributed by atoms with E-state index in [1.54, 1.807) is 0 Å². The Labute approximate surface area is 95.8 Å². The third kappa shape index (κ3) is 0.691. The van der Waals surface area contributed by atoms with Gasteiger partial charge in [0.2, 0.25) is 0 Å². The van der Waals surface area contributed by atoms with Gasteiger partial charge in [-0.25, -0.2) is 0 Å². The molecule has 0 heterocycles. The average Bonchev–Trinajstić information content (AvgIpc) is 2.15. The van der Waals surface area contributed by atoms with E-state index in [1.165, 1.54) is 6.42 Å². The fourth-order valence-corrected chi connectivity index (χ4v) is 5.99. The Bertz CT molecular complexity index is 299. The molecule has 88 valence electrons. The molecule has 0 nitrogen and oxygen atoms in total. The Kier molecular flexibility index (Phi) is 1.88. The highest BCUT2D eigenvalue weighted by Crippen LogP contribution is 2.90. The first kappa shape index (κ1) is 11.5. The third-order valence-corrected chi connectivity index (χ3v) is 7.93. The van der Waals surface area contributed by atoms with Gasteiger partial charge in [-0.15, -0.1) is 0 Å². The standard InChI is InChI=1S/C15H28/c1-9-11-10(2)14(7)12(3,4)13(5,6)15(11,14)8/h10-11H,9H2,1-8H3. The molecule has 0 spiro atoms. The van der Waals surface area contributed by atoms with Crippen molar-refractivity contribution < 1.29 is 0 Å². The van der Waals surface area contributed by atoms with Crippen LogP contribution in [0.25, 0.3) is 0 Å². The van der Waals surface area contributed by atoms with E-state index in [-0.39, 0.29) is 0 Å². The molecule has 0 aliphatic heterocycles. The smallest absolute Gasteiger partial charge is 0.0177 e. The Morgan fingerprint density at radius 1 is 0.800 bits per heavy atom. The molecule has 4 atom stereocenters. The van der Waals surface area contributed by atoms with Crippen molar-refractivity contribution in [2.45, 2.75) is 61.8 Å². The van der Waals surface area contributed by atoms with Crippen LogP contribution in [0.15, 0.2) is 0 Å². The second-order valence-corrected chi connectivity index (χ2v) is 7.46. The van der Waals surface area contributed by atoms with Gasteiger partial charge >= 0.3 is 0 Å². The lowest BCUT2D eigenvalue weighted by Crippen LogP contribution is -2.85. The molecule has 0 aromatic heterocycles.